The lowest BCUT2D eigenvalue weighted by Gasteiger charge is -2.08. The van der Waals surface area contributed by atoms with Crippen LogP contribution in [0.2, 0.25) is 0 Å². The Morgan fingerprint density at radius 2 is 2.19 bits per heavy atom. The first-order valence-corrected chi connectivity index (χ1v) is 12.5. The number of aryl methyl sites for hydroxylation is 1. The summed E-state index contributed by atoms with van der Waals surface area (Å²) >= 11 is 2.93. The summed E-state index contributed by atoms with van der Waals surface area (Å²) in [5, 5.41) is 22.8. The Morgan fingerprint density at radius 3 is 2.97 bits per heavy atom. The number of rotatable bonds is 7. The highest BCUT2D eigenvalue weighted by Crippen LogP contribution is 2.40. The normalized spacial score (nSPS) is 15.8. The van der Waals surface area contributed by atoms with Crippen molar-refractivity contribution >= 4 is 34.0 Å². The van der Waals surface area contributed by atoms with Gasteiger partial charge in [-0.05, 0) is 56.2 Å². The molecular weight excluding hydrogens is 430 g/mol. The number of anilines is 1. The molecule has 31 heavy (non-hydrogen) atoms. The van der Waals surface area contributed by atoms with E-state index in [4.69, 9.17) is 4.42 Å². The summed E-state index contributed by atoms with van der Waals surface area (Å²) in [6.45, 7) is 0.562. The van der Waals surface area contributed by atoms with Gasteiger partial charge >= 0.3 is 0 Å². The van der Waals surface area contributed by atoms with Gasteiger partial charge in [0.25, 0.3) is 0 Å². The molecule has 0 aromatic carbocycles. The summed E-state index contributed by atoms with van der Waals surface area (Å²) in [6, 6.07) is 6.12. The number of thioether (sulfide) groups is 1. The molecule has 0 radical (unpaired) electrons. The Bertz CT molecular complexity index is 1120. The molecule has 0 atom stereocenters. The van der Waals surface area contributed by atoms with Gasteiger partial charge in [-0.3, -0.25) is 9.36 Å². The molecule has 7 nitrogen and oxygen atoms in total. The summed E-state index contributed by atoms with van der Waals surface area (Å²) in [4.78, 5) is 14.0. The van der Waals surface area contributed by atoms with Crippen LogP contribution in [0.5, 0.6) is 0 Å². The zero-order valence-electron chi connectivity index (χ0n) is 17.1. The third kappa shape index (κ3) is 4.41. The number of thiophene rings is 1. The predicted octanol–water partition coefficient (Wildman–Crippen LogP) is 4.73. The van der Waals surface area contributed by atoms with Gasteiger partial charge in [0, 0.05) is 10.8 Å². The number of fused-ring (bicyclic) bond motifs is 1. The molecule has 0 unspecified atom stereocenters. The molecular formula is C22H23N5O2S2. The fraction of sp³-hybridized carbons (Fsp3) is 0.455. The molecule has 1 N–H and O–H groups in total. The number of nitriles is 1. The average Bonchev–Trinajstić information content (AvgIpc) is 3.28. The quantitative estimate of drug-likeness (QED) is 0.410. The van der Waals surface area contributed by atoms with Gasteiger partial charge in [-0.25, -0.2) is 0 Å². The fourth-order valence-corrected chi connectivity index (χ4v) is 6.00. The van der Waals surface area contributed by atoms with Crippen molar-refractivity contribution in [1.29, 1.82) is 5.26 Å². The number of aromatic nitrogens is 3. The molecule has 0 bridgehead atoms. The Balaban J connectivity index is 1.28. The summed E-state index contributed by atoms with van der Waals surface area (Å²) in [5.41, 5.74) is 1.79. The Morgan fingerprint density at radius 1 is 1.32 bits per heavy atom. The minimum absolute atomic E-state index is 0.126. The van der Waals surface area contributed by atoms with Gasteiger partial charge in [0.2, 0.25) is 5.91 Å². The van der Waals surface area contributed by atoms with E-state index < -0.39 is 0 Å². The number of carbonyl (C=O) groups is 1. The molecule has 9 heteroatoms. The average molecular weight is 454 g/mol. The van der Waals surface area contributed by atoms with E-state index in [0.29, 0.717) is 23.0 Å². The van der Waals surface area contributed by atoms with Crippen LogP contribution in [-0.4, -0.2) is 26.4 Å². The van der Waals surface area contributed by atoms with Gasteiger partial charge < -0.3 is 9.73 Å². The van der Waals surface area contributed by atoms with Crippen molar-refractivity contribution in [1.82, 2.24) is 14.8 Å². The first-order valence-electron chi connectivity index (χ1n) is 10.7. The lowest BCUT2D eigenvalue weighted by molar-refractivity contribution is -0.113. The maximum Gasteiger partial charge on any atom is 0.235 e. The molecule has 160 valence electrons. The van der Waals surface area contributed by atoms with Crippen LogP contribution in [0.3, 0.4) is 0 Å². The van der Waals surface area contributed by atoms with Crippen molar-refractivity contribution in [2.24, 2.45) is 0 Å². The first kappa shape index (κ1) is 20.3. The van der Waals surface area contributed by atoms with E-state index in [2.05, 4.69) is 26.2 Å². The topological polar surface area (TPSA) is 96.7 Å². The van der Waals surface area contributed by atoms with Crippen molar-refractivity contribution < 1.29 is 9.21 Å². The number of nitrogens with one attached hydrogen (secondary N) is 1. The molecule has 2 aliphatic rings. The minimum atomic E-state index is -0.126. The number of carbonyl (C=O) groups excluding carboxylic acids is 1. The van der Waals surface area contributed by atoms with Crippen molar-refractivity contribution in [3.63, 3.8) is 0 Å². The molecule has 1 amide bonds. The molecule has 0 aliphatic heterocycles. The monoisotopic (exact) mass is 453 g/mol. The second kappa shape index (κ2) is 8.89. The summed E-state index contributed by atoms with van der Waals surface area (Å²) < 4.78 is 7.56. The second-order valence-electron chi connectivity index (χ2n) is 8.00. The van der Waals surface area contributed by atoms with E-state index in [1.807, 2.05) is 12.1 Å². The third-order valence-electron chi connectivity index (χ3n) is 5.70. The zero-order valence-corrected chi connectivity index (χ0v) is 18.7. The fourth-order valence-electron chi connectivity index (χ4n) is 4.00. The van der Waals surface area contributed by atoms with Crippen LogP contribution in [0.1, 0.15) is 65.6 Å². The van der Waals surface area contributed by atoms with Gasteiger partial charge in [0.15, 0.2) is 5.16 Å². The number of hydrogen-bond donors (Lipinski definition) is 1. The molecule has 3 aromatic rings. The van der Waals surface area contributed by atoms with E-state index >= 15 is 0 Å². The van der Waals surface area contributed by atoms with Gasteiger partial charge in [-0.2, -0.15) is 5.26 Å². The Hall–Kier alpha value is -2.57. The van der Waals surface area contributed by atoms with Crippen LogP contribution in [0.15, 0.2) is 28.0 Å². The standard InChI is InChI=1S/C22H23N5O2S2/c23-11-17-16-6-2-1-3-7-18(16)31-21(17)24-19(28)13-30-22-26-25-20(14-8-9-14)27(22)12-15-5-4-10-29-15/h4-5,10,14H,1-3,6-9,12-13H2,(H,24,28). The van der Waals surface area contributed by atoms with Crippen molar-refractivity contribution in [3.8, 4) is 6.07 Å². The van der Waals surface area contributed by atoms with Crippen LogP contribution in [0, 0.1) is 11.3 Å². The summed E-state index contributed by atoms with van der Waals surface area (Å²) in [5.74, 6) is 2.34. The molecule has 2 aliphatic carbocycles. The highest BCUT2D eigenvalue weighted by atomic mass is 32.2. The SMILES string of the molecule is N#Cc1c(NC(=O)CSc2nnc(C3CC3)n2Cc2ccco2)sc2c1CCCCC2. The lowest BCUT2D eigenvalue weighted by Crippen LogP contribution is -2.15. The Labute approximate surface area is 188 Å². The van der Waals surface area contributed by atoms with Gasteiger partial charge in [-0.15, -0.1) is 21.5 Å². The molecule has 0 saturated heterocycles. The third-order valence-corrected chi connectivity index (χ3v) is 7.87. The maximum atomic E-state index is 12.7. The van der Waals surface area contributed by atoms with E-state index in [0.717, 1.165) is 60.8 Å². The number of hydrogen-bond acceptors (Lipinski definition) is 7. The molecule has 3 heterocycles. The van der Waals surface area contributed by atoms with Crippen molar-refractivity contribution in [3.05, 3.63) is 46.0 Å². The van der Waals surface area contributed by atoms with E-state index in [1.54, 1.807) is 17.6 Å². The summed E-state index contributed by atoms with van der Waals surface area (Å²) in [7, 11) is 0. The van der Waals surface area contributed by atoms with E-state index in [-0.39, 0.29) is 11.7 Å². The van der Waals surface area contributed by atoms with Crippen LogP contribution >= 0.6 is 23.1 Å². The maximum absolute atomic E-state index is 12.7. The molecule has 1 fully saturated rings. The summed E-state index contributed by atoms with van der Waals surface area (Å²) in [6.07, 6.45) is 9.30. The highest BCUT2D eigenvalue weighted by molar-refractivity contribution is 7.99. The largest absolute Gasteiger partial charge is 0.467 e. The molecule has 5 rings (SSSR count). The number of nitrogens with zero attached hydrogens (tertiary/aromatic N) is 4. The van der Waals surface area contributed by atoms with E-state index in [1.165, 1.54) is 23.1 Å². The van der Waals surface area contributed by atoms with E-state index in [9.17, 15) is 10.1 Å². The van der Waals surface area contributed by atoms with Crippen LogP contribution < -0.4 is 5.32 Å². The van der Waals surface area contributed by atoms with Crippen molar-refractivity contribution in [2.75, 3.05) is 11.1 Å². The predicted molar refractivity (Wildman–Crippen MR) is 119 cm³/mol. The molecule has 0 spiro atoms. The van der Waals surface area contributed by atoms with Crippen molar-refractivity contribution in [2.45, 2.75) is 62.6 Å². The smallest absolute Gasteiger partial charge is 0.235 e. The van der Waals surface area contributed by atoms with Gasteiger partial charge in [0.05, 0.1) is 24.1 Å². The van der Waals surface area contributed by atoms with Gasteiger partial charge in [-0.1, -0.05) is 18.2 Å². The lowest BCUT2D eigenvalue weighted by atomic mass is 10.1. The number of furan rings is 1. The number of amides is 1. The second-order valence-corrected chi connectivity index (χ2v) is 10.0. The van der Waals surface area contributed by atoms with Crippen LogP contribution in [0.25, 0.3) is 0 Å². The highest BCUT2D eigenvalue weighted by Gasteiger charge is 2.31. The Kier molecular flexibility index (Phi) is 5.83. The molecule has 3 aromatic heterocycles. The first-order chi connectivity index (χ1) is 15.2. The van der Waals surface area contributed by atoms with Gasteiger partial charge in [0.1, 0.15) is 22.7 Å². The molecule has 1 saturated carbocycles. The van der Waals surface area contributed by atoms with Crippen LogP contribution in [0.4, 0.5) is 5.00 Å². The minimum Gasteiger partial charge on any atom is -0.467 e. The zero-order chi connectivity index (χ0) is 21.2. The van der Waals surface area contributed by atoms with Crippen LogP contribution in [-0.2, 0) is 24.2 Å².